The summed E-state index contributed by atoms with van der Waals surface area (Å²) in [6.07, 6.45) is 16.4. The number of nitrogens with zero attached hydrogens (tertiary/aromatic N) is 6. The molecule has 4 heterocycles. The number of aromatic nitrogens is 6. The predicted molar refractivity (Wildman–Crippen MR) is 107 cm³/mol. The Morgan fingerprint density at radius 1 is 1.03 bits per heavy atom. The van der Waals surface area contributed by atoms with Gasteiger partial charge in [0.05, 0.1) is 23.5 Å². The lowest BCUT2D eigenvalue weighted by Crippen LogP contribution is -2.38. The molecule has 1 fully saturated rings. The van der Waals surface area contributed by atoms with E-state index in [1.54, 1.807) is 18.7 Å². The van der Waals surface area contributed by atoms with Crippen LogP contribution in [0.15, 0.2) is 61.7 Å². The fourth-order valence-corrected chi connectivity index (χ4v) is 3.94. The van der Waals surface area contributed by atoms with Gasteiger partial charge >= 0.3 is 0 Å². The molecule has 0 atom stereocenters. The highest BCUT2D eigenvalue weighted by molar-refractivity contribution is 5.94. The van der Waals surface area contributed by atoms with Gasteiger partial charge in [0.25, 0.3) is 5.91 Å². The van der Waals surface area contributed by atoms with Gasteiger partial charge in [-0.3, -0.25) is 9.48 Å². The van der Waals surface area contributed by atoms with Crippen LogP contribution in [0.25, 0.3) is 16.9 Å². The van der Waals surface area contributed by atoms with Crippen LogP contribution in [-0.4, -0.2) is 41.1 Å². The van der Waals surface area contributed by atoms with E-state index in [4.69, 9.17) is 0 Å². The molecular weight excluding hydrogens is 366 g/mol. The Labute approximate surface area is 167 Å². The van der Waals surface area contributed by atoms with E-state index in [1.165, 1.54) is 0 Å². The van der Waals surface area contributed by atoms with Crippen molar-refractivity contribution < 1.29 is 4.79 Å². The van der Waals surface area contributed by atoms with E-state index in [0.29, 0.717) is 11.6 Å². The Kier molecular flexibility index (Phi) is 4.51. The molecule has 8 nitrogen and oxygen atoms in total. The van der Waals surface area contributed by atoms with Gasteiger partial charge in [0.15, 0.2) is 0 Å². The van der Waals surface area contributed by atoms with Crippen molar-refractivity contribution >= 4 is 11.6 Å². The van der Waals surface area contributed by atoms with E-state index in [-0.39, 0.29) is 11.9 Å². The summed E-state index contributed by atoms with van der Waals surface area (Å²) in [5.74, 6) is -0.0332. The summed E-state index contributed by atoms with van der Waals surface area (Å²) in [4.78, 5) is 25.1. The van der Waals surface area contributed by atoms with E-state index < -0.39 is 0 Å². The van der Waals surface area contributed by atoms with Crippen molar-refractivity contribution in [1.82, 2.24) is 34.4 Å². The van der Waals surface area contributed by atoms with Crippen LogP contribution in [0.5, 0.6) is 0 Å². The lowest BCUT2D eigenvalue weighted by molar-refractivity contribution is 0.0921. The highest BCUT2D eigenvalue weighted by Crippen LogP contribution is 2.29. The van der Waals surface area contributed by atoms with Crippen molar-refractivity contribution in [2.75, 3.05) is 0 Å². The SMILES string of the molecule is O=C(NC1CCC(n2cc(-c3ccncn3)cn2)CC1)c1ccc2nccn2c1. The molecule has 1 amide bonds. The van der Waals surface area contributed by atoms with Crippen LogP contribution >= 0.6 is 0 Å². The lowest BCUT2D eigenvalue weighted by Gasteiger charge is -2.29. The minimum absolute atomic E-state index is 0.0332. The van der Waals surface area contributed by atoms with Gasteiger partial charge in [0.2, 0.25) is 0 Å². The fraction of sp³-hybridized carbons (Fsp3) is 0.286. The number of pyridine rings is 1. The molecule has 0 saturated heterocycles. The first-order chi connectivity index (χ1) is 14.3. The van der Waals surface area contributed by atoms with Crippen LogP contribution in [0.2, 0.25) is 0 Å². The van der Waals surface area contributed by atoms with Crippen molar-refractivity contribution in [3.8, 4) is 11.3 Å². The van der Waals surface area contributed by atoms with Gasteiger partial charge in [-0.25, -0.2) is 15.0 Å². The van der Waals surface area contributed by atoms with Crippen LogP contribution < -0.4 is 5.32 Å². The zero-order valence-corrected chi connectivity index (χ0v) is 15.8. The first kappa shape index (κ1) is 17.5. The molecule has 29 heavy (non-hydrogen) atoms. The van der Waals surface area contributed by atoms with Crippen LogP contribution in [0.1, 0.15) is 42.1 Å². The maximum atomic E-state index is 12.6. The summed E-state index contributed by atoms with van der Waals surface area (Å²) in [5.41, 5.74) is 3.36. The number of carbonyl (C=O) groups excluding carboxylic acids is 1. The number of imidazole rings is 1. The van der Waals surface area contributed by atoms with Crippen molar-refractivity contribution in [3.63, 3.8) is 0 Å². The molecule has 0 radical (unpaired) electrons. The van der Waals surface area contributed by atoms with Crippen molar-refractivity contribution in [2.24, 2.45) is 0 Å². The number of hydrogen-bond donors (Lipinski definition) is 1. The Morgan fingerprint density at radius 2 is 1.93 bits per heavy atom. The summed E-state index contributed by atoms with van der Waals surface area (Å²) < 4.78 is 3.89. The summed E-state index contributed by atoms with van der Waals surface area (Å²) in [6.45, 7) is 0. The lowest BCUT2D eigenvalue weighted by atomic mass is 9.91. The maximum Gasteiger partial charge on any atom is 0.252 e. The molecule has 0 aliphatic heterocycles. The van der Waals surface area contributed by atoms with E-state index >= 15 is 0 Å². The molecule has 5 rings (SSSR count). The Hall–Kier alpha value is -3.55. The highest BCUT2D eigenvalue weighted by atomic mass is 16.1. The molecule has 0 aromatic carbocycles. The smallest absolute Gasteiger partial charge is 0.252 e. The quantitative estimate of drug-likeness (QED) is 0.581. The first-order valence-corrected chi connectivity index (χ1v) is 9.80. The second kappa shape index (κ2) is 7.46. The third kappa shape index (κ3) is 3.61. The van der Waals surface area contributed by atoms with Gasteiger partial charge in [-0.15, -0.1) is 0 Å². The molecule has 0 spiro atoms. The third-order valence-corrected chi connectivity index (χ3v) is 5.54. The number of fused-ring (bicyclic) bond motifs is 1. The predicted octanol–water partition coefficient (Wildman–Crippen LogP) is 2.90. The van der Waals surface area contributed by atoms with Gasteiger partial charge in [0.1, 0.15) is 12.0 Å². The Bertz CT molecular complexity index is 1130. The summed E-state index contributed by atoms with van der Waals surface area (Å²) in [5, 5.41) is 7.71. The molecular formula is C21H21N7O. The van der Waals surface area contributed by atoms with Crippen molar-refractivity contribution in [2.45, 2.75) is 37.8 Å². The topological polar surface area (TPSA) is 90.0 Å². The van der Waals surface area contributed by atoms with Crippen LogP contribution in [0.3, 0.4) is 0 Å². The largest absolute Gasteiger partial charge is 0.349 e. The van der Waals surface area contributed by atoms with E-state index in [0.717, 1.165) is 42.6 Å². The molecule has 1 saturated carbocycles. The fourth-order valence-electron chi connectivity index (χ4n) is 3.94. The van der Waals surface area contributed by atoms with Gasteiger partial charge in [-0.2, -0.15) is 5.10 Å². The number of hydrogen-bond acceptors (Lipinski definition) is 5. The molecule has 1 aliphatic carbocycles. The first-order valence-electron chi connectivity index (χ1n) is 9.80. The molecule has 4 aromatic heterocycles. The maximum absolute atomic E-state index is 12.6. The van der Waals surface area contributed by atoms with Crippen molar-refractivity contribution in [3.05, 3.63) is 67.3 Å². The van der Waals surface area contributed by atoms with Crippen LogP contribution in [0.4, 0.5) is 0 Å². The second-order valence-corrected chi connectivity index (χ2v) is 7.39. The van der Waals surface area contributed by atoms with Crippen LogP contribution in [0, 0.1) is 0 Å². The summed E-state index contributed by atoms with van der Waals surface area (Å²) in [6, 6.07) is 6.10. The monoisotopic (exact) mass is 387 g/mol. The van der Waals surface area contributed by atoms with E-state index in [9.17, 15) is 4.79 Å². The normalized spacial score (nSPS) is 19.3. The Balaban J connectivity index is 1.19. The zero-order valence-electron chi connectivity index (χ0n) is 15.8. The minimum Gasteiger partial charge on any atom is -0.349 e. The molecule has 1 aliphatic rings. The average Bonchev–Trinajstić information content (AvgIpc) is 3.44. The van der Waals surface area contributed by atoms with E-state index in [1.807, 2.05) is 52.1 Å². The number of carbonyl (C=O) groups is 1. The summed E-state index contributed by atoms with van der Waals surface area (Å²) in [7, 11) is 0. The molecule has 1 N–H and O–H groups in total. The molecule has 146 valence electrons. The minimum atomic E-state index is -0.0332. The summed E-state index contributed by atoms with van der Waals surface area (Å²) >= 11 is 0. The van der Waals surface area contributed by atoms with Crippen molar-refractivity contribution in [1.29, 1.82) is 0 Å². The van der Waals surface area contributed by atoms with Gasteiger partial charge in [0, 0.05) is 42.6 Å². The van der Waals surface area contributed by atoms with E-state index in [2.05, 4.69) is 25.4 Å². The standard InChI is InChI=1S/C21H21N7O/c29-21(15-1-6-20-23-9-10-27(20)12-15)26-17-2-4-18(5-3-17)28-13-16(11-25-28)19-7-8-22-14-24-19/h1,6-14,17-18H,2-5H2,(H,26,29). The number of amides is 1. The van der Waals surface area contributed by atoms with Gasteiger partial charge in [-0.1, -0.05) is 0 Å². The molecule has 0 bridgehead atoms. The Morgan fingerprint density at radius 3 is 2.76 bits per heavy atom. The molecule has 0 unspecified atom stereocenters. The zero-order chi connectivity index (χ0) is 19.6. The highest BCUT2D eigenvalue weighted by Gasteiger charge is 2.24. The van der Waals surface area contributed by atoms with Gasteiger partial charge in [-0.05, 0) is 43.9 Å². The third-order valence-electron chi connectivity index (χ3n) is 5.54. The average molecular weight is 387 g/mol. The molecule has 8 heteroatoms. The molecule has 4 aromatic rings. The number of nitrogens with one attached hydrogen (secondary N) is 1. The van der Waals surface area contributed by atoms with Gasteiger partial charge < -0.3 is 9.72 Å². The van der Waals surface area contributed by atoms with Crippen LogP contribution in [-0.2, 0) is 0 Å². The second-order valence-electron chi connectivity index (χ2n) is 7.39. The number of rotatable bonds is 4.